The topological polar surface area (TPSA) is 56.1 Å². The van der Waals surface area contributed by atoms with Crippen LogP contribution in [0.2, 0.25) is 0 Å². The zero-order chi connectivity index (χ0) is 22.5. The molecule has 0 amide bonds. The summed E-state index contributed by atoms with van der Waals surface area (Å²) in [5.74, 6) is 1.40. The summed E-state index contributed by atoms with van der Waals surface area (Å²) in [6.45, 7) is 3.94. The number of ether oxygens (including phenoxy) is 2. The molecule has 0 aliphatic rings. The molecule has 0 bridgehead atoms. The van der Waals surface area contributed by atoms with Gasteiger partial charge in [0.2, 0.25) is 0 Å². The Kier molecular flexibility index (Phi) is 6.52. The summed E-state index contributed by atoms with van der Waals surface area (Å²) in [5, 5.41) is 0. The van der Waals surface area contributed by atoms with Crippen molar-refractivity contribution < 1.29 is 9.47 Å². The van der Waals surface area contributed by atoms with Crippen molar-refractivity contribution in [3.8, 4) is 11.5 Å². The summed E-state index contributed by atoms with van der Waals surface area (Å²) in [5.41, 5.74) is 4.69. The molecule has 0 N–H and O–H groups in total. The number of aryl methyl sites for hydroxylation is 1. The summed E-state index contributed by atoms with van der Waals surface area (Å²) >= 11 is 0. The fourth-order valence-electron chi connectivity index (χ4n) is 3.81. The van der Waals surface area contributed by atoms with E-state index >= 15 is 0 Å². The van der Waals surface area contributed by atoms with E-state index in [-0.39, 0.29) is 5.56 Å². The molecule has 0 atom stereocenters. The third kappa shape index (κ3) is 4.98. The quantitative estimate of drug-likeness (QED) is 0.420. The van der Waals surface area contributed by atoms with Crippen LogP contribution in [0.25, 0.3) is 5.65 Å². The van der Waals surface area contributed by atoms with E-state index in [1.165, 1.54) is 5.56 Å². The number of pyridine rings is 1. The van der Waals surface area contributed by atoms with E-state index in [2.05, 4.69) is 17.0 Å². The fourth-order valence-corrected chi connectivity index (χ4v) is 3.81. The maximum atomic E-state index is 12.6. The van der Waals surface area contributed by atoms with Gasteiger partial charge in [-0.25, -0.2) is 4.98 Å². The first-order valence-electron chi connectivity index (χ1n) is 10.5. The minimum atomic E-state index is -0.0734. The number of nitrogens with zero attached hydrogens (tertiary/aromatic N) is 3. The number of rotatable bonds is 8. The van der Waals surface area contributed by atoms with E-state index in [0.717, 1.165) is 23.4 Å². The van der Waals surface area contributed by atoms with Crippen LogP contribution >= 0.6 is 0 Å². The zero-order valence-electron chi connectivity index (χ0n) is 18.6. The van der Waals surface area contributed by atoms with Gasteiger partial charge >= 0.3 is 0 Å². The molecular weight excluding hydrogens is 402 g/mol. The lowest BCUT2D eigenvalue weighted by molar-refractivity contribution is 0.244. The summed E-state index contributed by atoms with van der Waals surface area (Å²) in [6.07, 6.45) is 1.77. The van der Waals surface area contributed by atoms with Crippen LogP contribution in [0.5, 0.6) is 11.5 Å². The van der Waals surface area contributed by atoms with Crippen LogP contribution in [0.1, 0.15) is 22.4 Å². The lowest BCUT2D eigenvalue weighted by Gasteiger charge is -2.23. The molecule has 4 aromatic rings. The van der Waals surface area contributed by atoms with E-state index in [4.69, 9.17) is 14.5 Å². The number of hydrogen-bond donors (Lipinski definition) is 0. The number of benzene rings is 2. The Balaban J connectivity index is 1.65. The smallest absolute Gasteiger partial charge is 0.258 e. The number of methoxy groups -OCH3 is 2. The van der Waals surface area contributed by atoms with Crippen molar-refractivity contribution in [1.29, 1.82) is 0 Å². The number of fused-ring (bicyclic) bond motifs is 1. The number of hydrogen-bond acceptors (Lipinski definition) is 5. The fraction of sp³-hybridized carbons (Fsp3) is 0.231. The highest BCUT2D eigenvalue weighted by Gasteiger charge is 2.13. The monoisotopic (exact) mass is 429 g/mol. The maximum Gasteiger partial charge on any atom is 0.258 e. The first kappa shape index (κ1) is 21.6. The Labute approximate surface area is 187 Å². The molecule has 0 saturated heterocycles. The van der Waals surface area contributed by atoms with E-state index in [1.807, 2.05) is 55.5 Å². The molecule has 6 heteroatoms. The van der Waals surface area contributed by atoms with Gasteiger partial charge in [-0.1, -0.05) is 36.4 Å². The van der Waals surface area contributed by atoms with Gasteiger partial charge in [0.1, 0.15) is 5.65 Å². The molecule has 32 heavy (non-hydrogen) atoms. The molecular formula is C26H27N3O3. The summed E-state index contributed by atoms with van der Waals surface area (Å²) in [4.78, 5) is 19.7. The predicted molar refractivity (Wildman–Crippen MR) is 125 cm³/mol. The van der Waals surface area contributed by atoms with E-state index in [0.29, 0.717) is 30.2 Å². The summed E-state index contributed by atoms with van der Waals surface area (Å²) in [7, 11) is 3.27. The van der Waals surface area contributed by atoms with Crippen molar-refractivity contribution in [3.63, 3.8) is 0 Å². The molecule has 4 rings (SSSR count). The third-order valence-electron chi connectivity index (χ3n) is 5.36. The summed E-state index contributed by atoms with van der Waals surface area (Å²) in [6, 6.07) is 21.7. The Hall–Kier alpha value is -3.64. The second-order valence-corrected chi connectivity index (χ2v) is 7.84. The Bertz CT molecular complexity index is 1270. The molecule has 0 unspecified atom stereocenters. The van der Waals surface area contributed by atoms with Crippen LogP contribution in [0, 0.1) is 6.92 Å². The highest BCUT2D eigenvalue weighted by atomic mass is 16.5. The lowest BCUT2D eigenvalue weighted by atomic mass is 10.1. The molecule has 0 radical (unpaired) electrons. The van der Waals surface area contributed by atoms with Gasteiger partial charge in [-0.15, -0.1) is 0 Å². The third-order valence-corrected chi connectivity index (χ3v) is 5.36. The highest BCUT2D eigenvalue weighted by Crippen LogP contribution is 2.28. The van der Waals surface area contributed by atoms with Crippen molar-refractivity contribution in [3.05, 3.63) is 106 Å². The molecule has 0 fully saturated rings. The normalized spacial score (nSPS) is 11.1. The summed E-state index contributed by atoms with van der Waals surface area (Å²) < 4.78 is 12.4. The van der Waals surface area contributed by atoms with Crippen LogP contribution in [-0.2, 0) is 19.6 Å². The standard InChI is InChI=1S/C26H27N3O3/c1-19-11-12-29-25(13-19)27-22(15-26(29)30)18-28(16-20-7-5-4-6-8-20)17-21-9-10-23(31-2)24(14-21)32-3/h4-15H,16-18H2,1-3H3. The van der Waals surface area contributed by atoms with Crippen molar-refractivity contribution in [1.82, 2.24) is 14.3 Å². The van der Waals surface area contributed by atoms with Gasteiger partial charge in [-0.3, -0.25) is 14.1 Å². The van der Waals surface area contributed by atoms with E-state index in [9.17, 15) is 4.79 Å². The van der Waals surface area contributed by atoms with Gasteiger partial charge in [0.25, 0.3) is 5.56 Å². The largest absolute Gasteiger partial charge is 0.493 e. The van der Waals surface area contributed by atoms with Crippen molar-refractivity contribution in [2.45, 2.75) is 26.6 Å². The Morgan fingerprint density at radius 2 is 1.59 bits per heavy atom. The average molecular weight is 430 g/mol. The second-order valence-electron chi connectivity index (χ2n) is 7.84. The van der Waals surface area contributed by atoms with Gasteiger partial charge in [-0.2, -0.15) is 0 Å². The zero-order valence-corrected chi connectivity index (χ0v) is 18.6. The molecule has 0 spiro atoms. The van der Waals surface area contributed by atoms with Crippen molar-refractivity contribution in [2.75, 3.05) is 14.2 Å². The second kappa shape index (κ2) is 9.66. The minimum absolute atomic E-state index is 0.0734. The van der Waals surface area contributed by atoms with E-state index < -0.39 is 0 Å². The van der Waals surface area contributed by atoms with Gasteiger partial charge in [0.05, 0.1) is 19.9 Å². The molecule has 0 aliphatic carbocycles. The number of aromatic nitrogens is 2. The van der Waals surface area contributed by atoms with Crippen LogP contribution in [0.3, 0.4) is 0 Å². The highest BCUT2D eigenvalue weighted by molar-refractivity contribution is 5.43. The maximum absolute atomic E-state index is 12.6. The first-order chi connectivity index (χ1) is 15.6. The van der Waals surface area contributed by atoms with Crippen LogP contribution in [-0.4, -0.2) is 28.5 Å². The van der Waals surface area contributed by atoms with Gasteiger partial charge < -0.3 is 9.47 Å². The molecule has 2 aromatic carbocycles. The van der Waals surface area contributed by atoms with Crippen LogP contribution in [0.4, 0.5) is 0 Å². The Morgan fingerprint density at radius 1 is 0.844 bits per heavy atom. The first-order valence-corrected chi connectivity index (χ1v) is 10.5. The molecule has 164 valence electrons. The minimum Gasteiger partial charge on any atom is -0.493 e. The van der Waals surface area contributed by atoms with Crippen molar-refractivity contribution in [2.24, 2.45) is 0 Å². The SMILES string of the molecule is COc1ccc(CN(Cc2ccccc2)Cc2cc(=O)n3ccc(C)cc3n2)cc1OC. The Morgan fingerprint density at radius 3 is 2.34 bits per heavy atom. The molecule has 2 aromatic heterocycles. The van der Waals surface area contributed by atoms with Crippen LogP contribution in [0.15, 0.2) is 77.7 Å². The average Bonchev–Trinajstić information content (AvgIpc) is 2.79. The molecule has 0 saturated carbocycles. The molecule has 6 nitrogen and oxygen atoms in total. The van der Waals surface area contributed by atoms with E-state index in [1.54, 1.807) is 30.9 Å². The predicted octanol–water partition coefficient (Wildman–Crippen LogP) is 4.22. The van der Waals surface area contributed by atoms with Gasteiger partial charge in [0, 0.05) is 31.9 Å². The van der Waals surface area contributed by atoms with Crippen LogP contribution < -0.4 is 15.0 Å². The molecule has 2 heterocycles. The van der Waals surface area contributed by atoms with Gasteiger partial charge in [-0.05, 0) is 47.9 Å². The van der Waals surface area contributed by atoms with Gasteiger partial charge in [0.15, 0.2) is 11.5 Å². The lowest BCUT2D eigenvalue weighted by Crippen LogP contribution is -2.25. The van der Waals surface area contributed by atoms with Crippen molar-refractivity contribution >= 4 is 5.65 Å². The molecule has 0 aliphatic heterocycles.